The molecule has 132 valence electrons. The van der Waals surface area contributed by atoms with Crippen molar-refractivity contribution in [3.05, 3.63) is 35.4 Å². The van der Waals surface area contributed by atoms with Gasteiger partial charge in [-0.2, -0.15) is 0 Å². The summed E-state index contributed by atoms with van der Waals surface area (Å²) in [4.78, 5) is 17.1. The second-order valence-electron chi connectivity index (χ2n) is 7.28. The van der Waals surface area contributed by atoms with E-state index in [4.69, 9.17) is 0 Å². The molecule has 1 saturated heterocycles. The molecule has 2 aliphatic rings. The number of aryl methyl sites for hydroxylation is 1. The number of nitrogens with zero attached hydrogens (tertiary/aromatic N) is 2. The van der Waals surface area contributed by atoms with Gasteiger partial charge in [-0.3, -0.25) is 9.69 Å². The smallest absolute Gasteiger partial charge is 0.225 e. The Morgan fingerprint density at radius 1 is 1.00 bits per heavy atom. The molecule has 0 spiro atoms. The molecule has 1 heterocycles. The number of carbonyl (C=O) groups is 1. The fourth-order valence-electron chi connectivity index (χ4n) is 3.85. The summed E-state index contributed by atoms with van der Waals surface area (Å²) in [6.07, 6.45) is 4.16. The number of amides is 1. The number of rotatable bonds is 4. The molecule has 2 fully saturated rings. The molecule has 0 atom stereocenters. The lowest BCUT2D eigenvalue weighted by Gasteiger charge is -2.37. The van der Waals surface area contributed by atoms with E-state index in [1.807, 2.05) is 4.90 Å². The molecule has 1 aromatic rings. The number of aliphatic hydroxyl groups excluding tert-OH is 1. The fourth-order valence-corrected chi connectivity index (χ4v) is 3.85. The van der Waals surface area contributed by atoms with Gasteiger partial charge in [-0.05, 0) is 43.2 Å². The third-order valence-corrected chi connectivity index (χ3v) is 5.57. The van der Waals surface area contributed by atoms with E-state index in [0.29, 0.717) is 5.91 Å². The van der Waals surface area contributed by atoms with Crippen molar-refractivity contribution < 1.29 is 9.90 Å². The lowest BCUT2D eigenvalue weighted by atomic mass is 9.86. The zero-order valence-electron chi connectivity index (χ0n) is 14.8. The highest BCUT2D eigenvalue weighted by atomic mass is 16.3. The highest BCUT2D eigenvalue weighted by Gasteiger charge is 2.30. The summed E-state index contributed by atoms with van der Waals surface area (Å²) in [5.74, 6) is 0.454. The maximum Gasteiger partial charge on any atom is 0.225 e. The van der Waals surface area contributed by atoms with Gasteiger partial charge in [-0.1, -0.05) is 31.2 Å². The molecule has 0 unspecified atom stereocenters. The molecule has 0 bridgehead atoms. The van der Waals surface area contributed by atoms with Crippen LogP contribution in [0.25, 0.3) is 0 Å². The number of piperazine rings is 1. The number of aliphatic hydroxyl groups is 1. The molecule has 1 aliphatic carbocycles. The van der Waals surface area contributed by atoms with Crippen LogP contribution in [0.4, 0.5) is 0 Å². The Hall–Kier alpha value is -1.39. The van der Waals surface area contributed by atoms with Crippen molar-refractivity contribution in [1.29, 1.82) is 0 Å². The predicted molar refractivity (Wildman–Crippen MR) is 95.6 cm³/mol. The average Bonchev–Trinajstić information content (AvgIpc) is 2.63. The Morgan fingerprint density at radius 3 is 2.17 bits per heavy atom. The maximum absolute atomic E-state index is 12.6. The van der Waals surface area contributed by atoms with Crippen molar-refractivity contribution in [2.24, 2.45) is 5.92 Å². The quantitative estimate of drug-likeness (QED) is 0.922. The predicted octanol–water partition coefficient (Wildman–Crippen LogP) is 2.44. The van der Waals surface area contributed by atoms with Crippen LogP contribution in [0, 0.1) is 5.92 Å². The Bertz CT molecular complexity index is 527. The second-order valence-corrected chi connectivity index (χ2v) is 7.28. The average molecular weight is 330 g/mol. The van der Waals surface area contributed by atoms with Gasteiger partial charge in [0.2, 0.25) is 5.91 Å². The largest absolute Gasteiger partial charge is 0.393 e. The summed E-state index contributed by atoms with van der Waals surface area (Å²) in [5, 5.41) is 9.60. The normalized spacial score (nSPS) is 25.7. The van der Waals surface area contributed by atoms with Gasteiger partial charge < -0.3 is 10.0 Å². The van der Waals surface area contributed by atoms with Crippen molar-refractivity contribution in [3.63, 3.8) is 0 Å². The van der Waals surface area contributed by atoms with Crippen LogP contribution >= 0.6 is 0 Å². The van der Waals surface area contributed by atoms with Crippen molar-refractivity contribution >= 4 is 5.91 Å². The molecule has 1 aromatic carbocycles. The summed E-state index contributed by atoms with van der Waals surface area (Å²) in [5.41, 5.74) is 2.74. The van der Waals surface area contributed by atoms with Crippen LogP contribution in [-0.2, 0) is 17.8 Å². The molecule has 1 aliphatic heterocycles. The van der Waals surface area contributed by atoms with Crippen LogP contribution in [0.5, 0.6) is 0 Å². The van der Waals surface area contributed by atoms with Gasteiger partial charge in [0.05, 0.1) is 6.10 Å². The van der Waals surface area contributed by atoms with E-state index in [-0.39, 0.29) is 12.0 Å². The van der Waals surface area contributed by atoms with Crippen LogP contribution in [-0.4, -0.2) is 53.1 Å². The molecule has 3 rings (SSSR count). The van der Waals surface area contributed by atoms with Gasteiger partial charge in [-0.15, -0.1) is 0 Å². The first-order chi connectivity index (χ1) is 11.7. The molecule has 4 nitrogen and oxygen atoms in total. The molecule has 1 amide bonds. The summed E-state index contributed by atoms with van der Waals surface area (Å²) in [7, 11) is 0. The van der Waals surface area contributed by atoms with Crippen molar-refractivity contribution in [2.75, 3.05) is 26.2 Å². The first-order valence-corrected chi connectivity index (χ1v) is 9.42. The van der Waals surface area contributed by atoms with E-state index in [2.05, 4.69) is 36.1 Å². The molecule has 4 heteroatoms. The van der Waals surface area contributed by atoms with E-state index in [1.165, 1.54) is 11.1 Å². The first-order valence-electron chi connectivity index (χ1n) is 9.42. The first kappa shape index (κ1) is 17.4. The summed E-state index contributed by atoms with van der Waals surface area (Å²) in [6, 6.07) is 8.88. The lowest BCUT2D eigenvalue weighted by molar-refractivity contribution is -0.139. The van der Waals surface area contributed by atoms with E-state index in [9.17, 15) is 9.90 Å². The third-order valence-electron chi connectivity index (χ3n) is 5.57. The number of carbonyl (C=O) groups excluding carboxylic acids is 1. The third kappa shape index (κ3) is 4.37. The van der Waals surface area contributed by atoms with Crippen LogP contribution in [0.1, 0.15) is 43.7 Å². The maximum atomic E-state index is 12.6. The van der Waals surface area contributed by atoms with Gasteiger partial charge >= 0.3 is 0 Å². The molecule has 24 heavy (non-hydrogen) atoms. The minimum Gasteiger partial charge on any atom is -0.393 e. The lowest BCUT2D eigenvalue weighted by Crippen LogP contribution is -2.50. The van der Waals surface area contributed by atoms with E-state index in [0.717, 1.165) is 64.8 Å². The van der Waals surface area contributed by atoms with E-state index < -0.39 is 0 Å². The van der Waals surface area contributed by atoms with Gasteiger partial charge in [-0.25, -0.2) is 0 Å². The topological polar surface area (TPSA) is 43.8 Å². The number of benzene rings is 1. The minimum absolute atomic E-state index is 0.140. The second kappa shape index (κ2) is 8.13. The molecule has 1 saturated carbocycles. The van der Waals surface area contributed by atoms with Crippen LogP contribution in [0.2, 0.25) is 0 Å². The zero-order chi connectivity index (χ0) is 16.9. The van der Waals surface area contributed by atoms with Crippen LogP contribution in [0.15, 0.2) is 24.3 Å². The molecule has 0 radical (unpaired) electrons. The van der Waals surface area contributed by atoms with Crippen molar-refractivity contribution in [3.8, 4) is 0 Å². The van der Waals surface area contributed by atoms with Crippen LogP contribution < -0.4 is 0 Å². The summed E-state index contributed by atoms with van der Waals surface area (Å²) in [6.45, 7) is 6.74. The van der Waals surface area contributed by atoms with Gasteiger partial charge in [0, 0.05) is 38.6 Å². The Kier molecular flexibility index (Phi) is 5.90. The Morgan fingerprint density at radius 2 is 1.58 bits per heavy atom. The molecule has 1 N–H and O–H groups in total. The highest BCUT2D eigenvalue weighted by Crippen LogP contribution is 2.26. The van der Waals surface area contributed by atoms with Crippen molar-refractivity contribution in [1.82, 2.24) is 9.80 Å². The van der Waals surface area contributed by atoms with Gasteiger partial charge in [0.1, 0.15) is 0 Å². The van der Waals surface area contributed by atoms with Gasteiger partial charge in [0.15, 0.2) is 0 Å². The number of hydrogen-bond donors (Lipinski definition) is 1. The Labute approximate surface area is 145 Å². The summed E-state index contributed by atoms with van der Waals surface area (Å²) < 4.78 is 0. The van der Waals surface area contributed by atoms with Crippen molar-refractivity contribution in [2.45, 2.75) is 51.7 Å². The molecule has 0 aromatic heterocycles. The van der Waals surface area contributed by atoms with Gasteiger partial charge in [0.25, 0.3) is 0 Å². The standard InChI is InChI=1S/C20H30N2O2/c1-2-16-3-5-17(6-4-16)15-21-11-13-22(14-12-21)20(24)18-7-9-19(23)10-8-18/h3-6,18-19,23H,2,7-15H2,1H3. The zero-order valence-corrected chi connectivity index (χ0v) is 14.8. The van der Waals surface area contributed by atoms with Crippen LogP contribution in [0.3, 0.4) is 0 Å². The summed E-state index contributed by atoms with van der Waals surface area (Å²) >= 11 is 0. The highest BCUT2D eigenvalue weighted by molar-refractivity contribution is 5.79. The monoisotopic (exact) mass is 330 g/mol. The van der Waals surface area contributed by atoms with E-state index >= 15 is 0 Å². The van der Waals surface area contributed by atoms with E-state index in [1.54, 1.807) is 0 Å². The SMILES string of the molecule is CCc1ccc(CN2CCN(C(=O)C3CCC(O)CC3)CC2)cc1. The molecular formula is C20H30N2O2. The Balaban J connectivity index is 1.45. The number of hydrogen-bond acceptors (Lipinski definition) is 3. The molecular weight excluding hydrogens is 300 g/mol. The fraction of sp³-hybridized carbons (Fsp3) is 0.650. The minimum atomic E-state index is -0.190.